The first-order valence-corrected chi connectivity index (χ1v) is 6.66. The zero-order valence-electron chi connectivity index (χ0n) is 11.1. The number of aryl methyl sites for hydroxylation is 1. The Kier molecular flexibility index (Phi) is 4.46. The highest BCUT2D eigenvalue weighted by molar-refractivity contribution is 6.30. The molecule has 100 valence electrons. The maximum Gasteiger partial charge on any atom is 0.119 e. The van der Waals surface area contributed by atoms with Crippen molar-refractivity contribution in [2.45, 2.75) is 20.0 Å². The second-order valence-corrected chi connectivity index (χ2v) is 4.84. The molecule has 19 heavy (non-hydrogen) atoms. The van der Waals surface area contributed by atoms with Crippen molar-refractivity contribution in [3.05, 3.63) is 64.2 Å². The molecule has 0 spiro atoms. The van der Waals surface area contributed by atoms with E-state index in [0.717, 1.165) is 22.4 Å². The van der Waals surface area contributed by atoms with E-state index in [1.807, 2.05) is 50.2 Å². The van der Waals surface area contributed by atoms with E-state index in [4.69, 9.17) is 16.3 Å². The zero-order valence-corrected chi connectivity index (χ0v) is 11.8. The fourth-order valence-electron chi connectivity index (χ4n) is 2.04. The summed E-state index contributed by atoms with van der Waals surface area (Å²) in [4.78, 5) is 0. The van der Waals surface area contributed by atoms with Gasteiger partial charge in [-0.1, -0.05) is 29.8 Å². The van der Waals surface area contributed by atoms with Crippen molar-refractivity contribution in [3.8, 4) is 5.75 Å². The Bertz CT molecular complexity index is 549. The van der Waals surface area contributed by atoms with Crippen LogP contribution >= 0.6 is 11.6 Å². The van der Waals surface area contributed by atoms with Crippen LogP contribution in [-0.2, 0) is 0 Å². The molecule has 0 aliphatic heterocycles. The predicted molar refractivity (Wildman–Crippen MR) is 77.9 cm³/mol. The second kappa shape index (κ2) is 6.09. The minimum Gasteiger partial charge on any atom is -0.494 e. The molecule has 0 aromatic heterocycles. The Morgan fingerprint density at radius 2 is 1.84 bits per heavy atom. The van der Waals surface area contributed by atoms with Crippen molar-refractivity contribution in [2.75, 3.05) is 6.61 Å². The summed E-state index contributed by atoms with van der Waals surface area (Å²) in [6, 6.07) is 13.0. The highest BCUT2D eigenvalue weighted by Crippen LogP contribution is 2.27. The van der Waals surface area contributed by atoms with E-state index in [1.165, 1.54) is 0 Å². The van der Waals surface area contributed by atoms with Crippen molar-refractivity contribution >= 4 is 11.6 Å². The van der Waals surface area contributed by atoms with Gasteiger partial charge in [-0.05, 0) is 54.8 Å². The van der Waals surface area contributed by atoms with Gasteiger partial charge in [-0.25, -0.2) is 0 Å². The molecule has 1 N–H and O–H groups in total. The molecule has 0 aliphatic carbocycles. The topological polar surface area (TPSA) is 29.5 Å². The minimum absolute atomic E-state index is 0.637. The summed E-state index contributed by atoms with van der Waals surface area (Å²) in [5.41, 5.74) is 2.69. The molecule has 0 amide bonds. The third kappa shape index (κ3) is 3.28. The molecule has 0 radical (unpaired) electrons. The average Bonchev–Trinajstić information content (AvgIpc) is 2.39. The number of ether oxygens (including phenoxy) is 1. The van der Waals surface area contributed by atoms with Crippen LogP contribution in [-0.4, -0.2) is 11.7 Å². The Hall–Kier alpha value is -1.51. The normalized spacial score (nSPS) is 12.2. The standard InChI is InChI=1S/C16H17ClO2/c1-3-19-14-7-4-12(5-8-14)16(18)15-9-6-13(17)10-11(15)2/h4-10,16,18H,3H2,1-2H3. The summed E-state index contributed by atoms with van der Waals surface area (Å²) in [5, 5.41) is 11.1. The largest absolute Gasteiger partial charge is 0.494 e. The highest BCUT2D eigenvalue weighted by atomic mass is 35.5. The van der Waals surface area contributed by atoms with Gasteiger partial charge in [0.2, 0.25) is 0 Å². The fraction of sp³-hybridized carbons (Fsp3) is 0.250. The third-order valence-electron chi connectivity index (χ3n) is 3.03. The third-order valence-corrected chi connectivity index (χ3v) is 3.27. The van der Waals surface area contributed by atoms with Crippen LogP contribution in [0.2, 0.25) is 5.02 Å². The van der Waals surface area contributed by atoms with E-state index >= 15 is 0 Å². The van der Waals surface area contributed by atoms with E-state index in [1.54, 1.807) is 6.07 Å². The van der Waals surface area contributed by atoms with Crippen LogP contribution in [0.4, 0.5) is 0 Å². The molecule has 0 saturated carbocycles. The summed E-state index contributed by atoms with van der Waals surface area (Å²) < 4.78 is 5.39. The molecule has 2 aromatic rings. The molecule has 1 atom stereocenters. The highest BCUT2D eigenvalue weighted by Gasteiger charge is 2.13. The first-order valence-electron chi connectivity index (χ1n) is 6.28. The molecular formula is C16H17ClO2. The fourth-order valence-corrected chi connectivity index (χ4v) is 2.27. The second-order valence-electron chi connectivity index (χ2n) is 4.41. The molecule has 0 aliphatic rings. The number of aliphatic hydroxyl groups excluding tert-OH is 1. The van der Waals surface area contributed by atoms with Crippen LogP contribution in [0, 0.1) is 6.92 Å². The molecule has 3 heteroatoms. The van der Waals surface area contributed by atoms with Gasteiger partial charge >= 0.3 is 0 Å². The SMILES string of the molecule is CCOc1ccc(C(O)c2ccc(Cl)cc2C)cc1. The molecule has 1 unspecified atom stereocenters. The Balaban J connectivity index is 2.25. The lowest BCUT2D eigenvalue weighted by atomic mass is 9.97. The monoisotopic (exact) mass is 276 g/mol. The number of aliphatic hydroxyl groups is 1. The zero-order chi connectivity index (χ0) is 13.8. The Labute approximate surface area is 118 Å². The van der Waals surface area contributed by atoms with Crippen molar-refractivity contribution in [1.29, 1.82) is 0 Å². The van der Waals surface area contributed by atoms with Crippen LogP contribution in [0.25, 0.3) is 0 Å². The molecule has 0 heterocycles. The number of benzene rings is 2. The number of halogens is 1. The van der Waals surface area contributed by atoms with E-state index in [2.05, 4.69) is 0 Å². The lowest BCUT2D eigenvalue weighted by molar-refractivity contribution is 0.219. The van der Waals surface area contributed by atoms with Crippen LogP contribution in [0.5, 0.6) is 5.75 Å². The van der Waals surface area contributed by atoms with Gasteiger partial charge in [-0.15, -0.1) is 0 Å². The van der Waals surface area contributed by atoms with Crippen LogP contribution in [0.15, 0.2) is 42.5 Å². The van der Waals surface area contributed by atoms with E-state index in [0.29, 0.717) is 11.6 Å². The number of hydrogen-bond acceptors (Lipinski definition) is 2. The predicted octanol–water partition coefficient (Wildman–Crippen LogP) is 4.13. The van der Waals surface area contributed by atoms with E-state index < -0.39 is 6.10 Å². The first kappa shape index (κ1) is 13.9. The number of hydrogen-bond donors (Lipinski definition) is 1. The van der Waals surface area contributed by atoms with Gasteiger partial charge in [0.1, 0.15) is 11.9 Å². The molecular weight excluding hydrogens is 260 g/mol. The van der Waals surface area contributed by atoms with Gasteiger partial charge in [0.25, 0.3) is 0 Å². The smallest absolute Gasteiger partial charge is 0.119 e. The van der Waals surface area contributed by atoms with E-state index in [-0.39, 0.29) is 0 Å². The molecule has 2 rings (SSSR count). The van der Waals surface area contributed by atoms with Gasteiger partial charge in [0, 0.05) is 5.02 Å². The lowest BCUT2D eigenvalue weighted by Crippen LogP contribution is -2.02. The molecule has 2 nitrogen and oxygen atoms in total. The summed E-state index contributed by atoms with van der Waals surface area (Å²) in [6.45, 7) is 4.52. The van der Waals surface area contributed by atoms with Crippen molar-refractivity contribution < 1.29 is 9.84 Å². The Morgan fingerprint density at radius 3 is 2.42 bits per heavy atom. The molecule has 2 aromatic carbocycles. The van der Waals surface area contributed by atoms with Gasteiger partial charge in [-0.3, -0.25) is 0 Å². The summed E-state index contributed by atoms with van der Waals surface area (Å²) in [7, 11) is 0. The van der Waals surface area contributed by atoms with Crippen molar-refractivity contribution in [1.82, 2.24) is 0 Å². The summed E-state index contributed by atoms with van der Waals surface area (Å²) >= 11 is 5.93. The maximum atomic E-state index is 10.4. The maximum absolute atomic E-state index is 10.4. The van der Waals surface area contributed by atoms with Crippen LogP contribution < -0.4 is 4.74 Å². The molecule has 0 bridgehead atoms. The summed E-state index contributed by atoms with van der Waals surface area (Å²) in [6.07, 6.45) is -0.645. The van der Waals surface area contributed by atoms with Crippen molar-refractivity contribution in [3.63, 3.8) is 0 Å². The number of rotatable bonds is 4. The molecule has 0 fully saturated rings. The van der Waals surface area contributed by atoms with Gasteiger partial charge in [0.05, 0.1) is 6.61 Å². The quantitative estimate of drug-likeness (QED) is 0.910. The minimum atomic E-state index is -0.645. The van der Waals surface area contributed by atoms with Gasteiger partial charge in [-0.2, -0.15) is 0 Å². The van der Waals surface area contributed by atoms with Crippen LogP contribution in [0.1, 0.15) is 29.7 Å². The molecule has 0 saturated heterocycles. The first-order chi connectivity index (χ1) is 9.11. The summed E-state index contributed by atoms with van der Waals surface area (Å²) in [5.74, 6) is 0.811. The van der Waals surface area contributed by atoms with Crippen LogP contribution in [0.3, 0.4) is 0 Å². The van der Waals surface area contributed by atoms with Crippen molar-refractivity contribution in [2.24, 2.45) is 0 Å². The Morgan fingerprint density at radius 1 is 1.16 bits per heavy atom. The van der Waals surface area contributed by atoms with Gasteiger partial charge in [0.15, 0.2) is 0 Å². The lowest BCUT2D eigenvalue weighted by Gasteiger charge is -2.15. The van der Waals surface area contributed by atoms with Gasteiger partial charge < -0.3 is 9.84 Å². The average molecular weight is 277 g/mol. The van der Waals surface area contributed by atoms with E-state index in [9.17, 15) is 5.11 Å².